The highest BCUT2D eigenvalue weighted by Crippen LogP contribution is 2.13. The predicted octanol–water partition coefficient (Wildman–Crippen LogP) is 3.19. The van der Waals surface area contributed by atoms with Crippen LogP contribution in [0.1, 0.15) is 43.7 Å². The predicted molar refractivity (Wildman–Crippen MR) is 88.4 cm³/mol. The Bertz CT molecular complexity index is 408. The van der Waals surface area contributed by atoms with Crippen LogP contribution in [-0.4, -0.2) is 37.7 Å². The van der Waals surface area contributed by atoms with Gasteiger partial charge in [-0.2, -0.15) is 0 Å². The molecule has 3 heteroatoms. The van der Waals surface area contributed by atoms with Crippen LogP contribution in [0.3, 0.4) is 0 Å². The fraction of sp³-hybridized carbons (Fsp3) is 0.667. The molecule has 1 heterocycles. The zero-order valence-corrected chi connectivity index (χ0v) is 13.6. The van der Waals surface area contributed by atoms with Crippen molar-refractivity contribution in [2.75, 3.05) is 26.7 Å². The van der Waals surface area contributed by atoms with Gasteiger partial charge in [0.15, 0.2) is 0 Å². The zero-order valence-electron chi connectivity index (χ0n) is 13.6. The first-order chi connectivity index (χ1) is 10.3. The maximum absolute atomic E-state index is 5.20. The molecule has 1 atom stereocenters. The average Bonchev–Trinajstić information content (AvgIpc) is 2.72. The second-order valence-electron chi connectivity index (χ2n) is 6.10. The quantitative estimate of drug-likeness (QED) is 0.834. The maximum Gasteiger partial charge on any atom is 0.0713 e. The van der Waals surface area contributed by atoms with Crippen molar-refractivity contribution in [2.24, 2.45) is 0 Å². The minimum Gasteiger partial charge on any atom is -0.380 e. The van der Waals surface area contributed by atoms with Crippen LogP contribution in [0, 0.1) is 0 Å². The molecule has 2 rings (SSSR count). The van der Waals surface area contributed by atoms with E-state index in [4.69, 9.17) is 4.74 Å². The smallest absolute Gasteiger partial charge is 0.0713 e. The molecule has 1 aliphatic rings. The van der Waals surface area contributed by atoms with Gasteiger partial charge in [-0.05, 0) is 56.4 Å². The third-order valence-electron chi connectivity index (χ3n) is 4.26. The Hall–Kier alpha value is -0.900. The van der Waals surface area contributed by atoms with E-state index in [0.717, 1.165) is 6.54 Å². The monoisotopic (exact) mass is 290 g/mol. The largest absolute Gasteiger partial charge is 0.380 e. The summed E-state index contributed by atoms with van der Waals surface area (Å²) >= 11 is 0. The van der Waals surface area contributed by atoms with Crippen LogP contribution in [0.15, 0.2) is 24.3 Å². The molecule has 1 aromatic carbocycles. The van der Waals surface area contributed by atoms with E-state index in [1.807, 2.05) is 0 Å². The molecule has 0 radical (unpaired) electrons. The van der Waals surface area contributed by atoms with Crippen molar-refractivity contribution >= 4 is 0 Å². The fourth-order valence-corrected chi connectivity index (χ4v) is 3.16. The molecule has 0 aromatic heterocycles. The standard InChI is InChI=1S/C18H30N2O/c1-3-10-20-11-5-8-18(9-12-20)19-14-16-6-4-7-17(13-16)15-21-2/h4,6-7,13,18-19H,3,5,8-12,14-15H2,1-2H3. The van der Waals surface area contributed by atoms with Crippen LogP contribution in [-0.2, 0) is 17.9 Å². The van der Waals surface area contributed by atoms with Gasteiger partial charge in [-0.3, -0.25) is 0 Å². The third kappa shape index (κ3) is 5.77. The lowest BCUT2D eigenvalue weighted by atomic mass is 10.1. The Labute approximate surface area is 129 Å². The summed E-state index contributed by atoms with van der Waals surface area (Å²) in [5.74, 6) is 0. The van der Waals surface area contributed by atoms with Gasteiger partial charge in [-0.15, -0.1) is 0 Å². The molecule has 0 saturated carbocycles. The summed E-state index contributed by atoms with van der Waals surface area (Å²) < 4.78 is 5.20. The van der Waals surface area contributed by atoms with Gasteiger partial charge in [-0.25, -0.2) is 0 Å². The number of hydrogen-bond donors (Lipinski definition) is 1. The van der Waals surface area contributed by atoms with Gasteiger partial charge in [0.05, 0.1) is 6.61 Å². The lowest BCUT2D eigenvalue weighted by Gasteiger charge is -2.19. The van der Waals surface area contributed by atoms with E-state index < -0.39 is 0 Å². The summed E-state index contributed by atoms with van der Waals surface area (Å²) in [6, 6.07) is 9.36. The number of benzene rings is 1. The molecule has 1 aliphatic heterocycles. The van der Waals surface area contributed by atoms with E-state index in [1.54, 1.807) is 7.11 Å². The Balaban J connectivity index is 1.78. The van der Waals surface area contributed by atoms with Crippen molar-refractivity contribution in [3.8, 4) is 0 Å². The maximum atomic E-state index is 5.20. The molecule has 118 valence electrons. The molecule has 0 bridgehead atoms. The molecule has 0 aliphatic carbocycles. The van der Waals surface area contributed by atoms with Crippen LogP contribution < -0.4 is 5.32 Å². The normalized spacial score (nSPS) is 20.4. The molecular formula is C18H30N2O. The van der Waals surface area contributed by atoms with Crippen molar-refractivity contribution in [2.45, 2.75) is 51.8 Å². The van der Waals surface area contributed by atoms with Crippen LogP contribution in [0.25, 0.3) is 0 Å². The van der Waals surface area contributed by atoms with Gasteiger partial charge < -0.3 is 15.0 Å². The van der Waals surface area contributed by atoms with Gasteiger partial charge >= 0.3 is 0 Å². The number of nitrogens with one attached hydrogen (secondary N) is 1. The van der Waals surface area contributed by atoms with Crippen LogP contribution in [0.5, 0.6) is 0 Å². The highest BCUT2D eigenvalue weighted by atomic mass is 16.5. The first kappa shape index (κ1) is 16.5. The highest BCUT2D eigenvalue weighted by Gasteiger charge is 2.15. The summed E-state index contributed by atoms with van der Waals surface area (Å²) in [4.78, 5) is 2.61. The van der Waals surface area contributed by atoms with Gasteiger partial charge in [0.25, 0.3) is 0 Å². The SMILES string of the molecule is CCCN1CCCC(NCc2cccc(COC)c2)CC1. The van der Waals surface area contributed by atoms with Crippen molar-refractivity contribution in [3.63, 3.8) is 0 Å². The fourth-order valence-electron chi connectivity index (χ4n) is 3.16. The first-order valence-electron chi connectivity index (χ1n) is 8.34. The van der Waals surface area contributed by atoms with E-state index in [1.165, 1.54) is 56.4 Å². The molecule has 3 nitrogen and oxygen atoms in total. The summed E-state index contributed by atoms with van der Waals surface area (Å²) in [6.07, 6.45) is 5.17. The summed E-state index contributed by atoms with van der Waals surface area (Å²) in [5.41, 5.74) is 2.62. The number of methoxy groups -OCH3 is 1. The van der Waals surface area contributed by atoms with Gasteiger partial charge in [0.2, 0.25) is 0 Å². The molecule has 1 unspecified atom stereocenters. The average molecular weight is 290 g/mol. The van der Waals surface area contributed by atoms with Crippen molar-refractivity contribution in [1.29, 1.82) is 0 Å². The van der Waals surface area contributed by atoms with Gasteiger partial charge in [0, 0.05) is 19.7 Å². The number of ether oxygens (including phenoxy) is 1. The van der Waals surface area contributed by atoms with E-state index in [9.17, 15) is 0 Å². The number of likely N-dealkylation sites (tertiary alicyclic amines) is 1. The van der Waals surface area contributed by atoms with E-state index in [0.29, 0.717) is 12.6 Å². The Morgan fingerprint density at radius 1 is 1.24 bits per heavy atom. The van der Waals surface area contributed by atoms with Gasteiger partial charge in [-0.1, -0.05) is 31.2 Å². The molecule has 1 aromatic rings. The number of hydrogen-bond acceptors (Lipinski definition) is 3. The molecule has 1 saturated heterocycles. The topological polar surface area (TPSA) is 24.5 Å². The third-order valence-corrected chi connectivity index (χ3v) is 4.26. The summed E-state index contributed by atoms with van der Waals surface area (Å²) in [7, 11) is 1.75. The lowest BCUT2D eigenvalue weighted by molar-refractivity contribution is 0.185. The molecule has 1 N–H and O–H groups in total. The Morgan fingerprint density at radius 3 is 2.90 bits per heavy atom. The molecule has 21 heavy (non-hydrogen) atoms. The second kappa shape index (κ2) is 9.19. The Kier molecular flexibility index (Phi) is 7.20. The van der Waals surface area contributed by atoms with Crippen molar-refractivity contribution < 1.29 is 4.74 Å². The number of nitrogens with zero attached hydrogens (tertiary/aromatic N) is 1. The lowest BCUT2D eigenvalue weighted by Crippen LogP contribution is -2.31. The Morgan fingerprint density at radius 2 is 2.10 bits per heavy atom. The van der Waals surface area contributed by atoms with Crippen molar-refractivity contribution in [1.82, 2.24) is 10.2 Å². The second-order valence-corrected chi connectivity index (χ2v) is 6.10. The van der Waals surface area contributed by atoms with E-state index in [2.05, 4.69) is 41.4 Å². The summed E-state index contributed by atoms with van der Waals surface area (Å²) in [6.45, 7) is 7.71. The van der Waals surface area contributed by atoms with E-state index >= 15 is 0 Å². The van der Waals surface area contributed by atoms with Crippen LogP contribution >= 0.6 is 0 Å². The van der Waals surface area contributed by atoms with E-state index in [-0.39, 0.29) is 0 Å². The number of rotatable bonds is 7. The molecule has 1 fully saturated rings. The minimum atomic E-state index is 0.665. The van der Waals surface area contributed by atoms with Crippen LogP contribution in [0.2, 0.25) is 0 Å². The molecular weight excluding hydrogens is 260 g/mol. The van der Waals surface area contributed by atoms with Crippen molar-refractivity contribution in [3.05, 3.63) is 35.4 Å². The van der Waals surface area contributed by atoms with Gasteiger partial charge in [0.1, 0.15) is 0 Å². The van der Waals surface area contributed by atoms with Crippen LogP contribution in [0.4, 0.5) is 0 Å². The zero-order chi connectivity index (χ0) is 14.9. The first-order valence-corrected chi connectivity index (χ1v) is 8.34. The highest BCUT2D eigenvalue weighted by molar-refractivity contribution is 5.22. The summed E-state index contributed by atoms with van der Waals surface area (Å²) in [5, 5.41) is 3.74. The molecule has 0 amide bonds. The molecule has 0 spiro atoms. The minimum absolute atomic E-state index is 0.665.